The van der Waals surface area contributed by atoms with Crippen molar-refractivity contribution in [3.05, 3.63) is 10.1 Å². The summed E-state index contributed by atoms with van der Waals surface area (Å²) in [5.41, 5.74) is 0. The van der Waals surface area contributed by atoms with Crippen molar-refractivity contribution in [1.29, 1.82) is 0 Å². The molecule has 0 aromatic rings. The number of carbonyl (C=O) groups excluding carboxylic acids is 1. The third-order valence-electron chi connectivity index (χ3n) is 3.61. The van der Waals surface area contributed by atoms with Gasteiger partial charge in [0.15, 0.2) is 0 Å². The van der Waals surface area contributed by atoms with E-state index in [1.807, 2.05) is 4.90 Å². The van der Waals surface area contributed by atoms with Crippen LogP contribution in [-0.4, -0.2) is 34.9 Å². The molecule has 1 saturated carbocycles. The van der Waals surface area contributed by atoms with Gasteiger partial charge in [0, 0.05) is 24.4 Å². The molecule has 0 radical (unpaired) electrons. The summed E-state index contributed by atoms with van der Waals surface area (Å²) in [6.45, 7) is 9.96. The third-order valence-corrected chi connectivity index (χ3v) is 3.61. The largest absolute Gasteiger partial charge is 0.342 e. The first kappa shape index (κ1) is 15.9. The predicted octanol–water partition coefficient (Wildman–Crippen LogP) is 2.57. The Morgan fingerprint density at radius 2 is 1.68 bits per heavy atom. The van der Waals surface area contributed by atoms with E-state index in [0.29, 0.717) is 18.3 Å². The number of amides is 1. The molecule has 2 unspecified atom stereocenters. The van der Waals surface area contributed by atoms with Gasteiger partial charge < -0.3 is 4.90 Å². The maximum absolute atomic E-state index is 12.3. The molecule has 0 aromatic carbocycles. The fourth-order valence-electron chi connectivity index (χ4n) is 2.07. The van der Waals surface area contributed by atoms with Crippen molar-refractivity contribution in [3.63, 3.8) is 0 Å². The van der Waals surface area contributed by atoms with Crippen molar-refractivity contribution in [2.75, 3.05) is 13.1 Å². The summed E-state index contributed by atoms with van der Waals surface area (Å²) in [5.74, 6) is 0.706. The van der Waals surface area contributed by atoms with Crippen LogP contribution in [0.1, 0.15) is 47.0 Å². The van der Waals surface area contributed by atoms with Crippen LogP contribution in [0.4, 0.5) is 0 Å². The van der Waals surface area contributed by atoms with Crippen LogP contribution < -0.4 is 0 Å². The van der Waals surface area contributed by atoms with E-state index < -0.39 is 6.04 Å². The highest BCUT2D eigenvalue weighted by Crippen LogP contribution is 2.35. The molecule has 0 heterocycles. The fraction of sp³-hybridized carbons (Fsp3) is 0.929. The summed E-state index contributed by atoms with van der Waals surface area (Å²) in [5, 5.41) is 10.7. The maximum atomic E-state index is 12.3. The third kappa shape index (κ3) is 5.17. The molecule has 1 fully saturated rings. The number of hydrogen-bond acceptors (Lipinski definition) is 3. The minimum atomic E-state index is -0.631. The van der Waals surface area contributed by atoms with Crippen LogP contribution >= 0.6 is 0 Å². The van der Waals surface area contributed by atoms with Crippen molar-refractivity contribution in [3.8, 4) is 0 Å². The predicted molar refractivity (Wildman–Crippen MR) is 74.4 cm³/mol. The van der Waals surface area contributed by atoms with Crippen LogP contribution in [0.3, 0.4) is 0 Å². The number of rotatable bonds is 8. The maximum Gasteiger partial charge on any atom is 0.232 e. The highest BCUT2D eigenvalue weighted by molar-refractivity contribution is 5.82. The van der Waals surface area contributed by atoms with Gasteiger partial charge in [-0.05, 0) is 24.7 Å². The van der Waals surface area contributed by atoms with Gasteiger partial charge in [0.2, 0.25) is 11.9 Å². The van der Waals surface area contributed by atoms with E-state index in [0.717, 1.165) is 25.9 Å². The fourth-order valence-corrected chi connectivity index (χ4v) is 2.07. The van der Waals surface area contributed by atoms with E-state index >= 15 is 0 Å². The average molecular weight is 270 g/mol. The van der Waals surface area contributed by atoms with E-state index in [9.17, 15) is 14.9 Å². The quantitative estimate of drug-likeness (QED) is 0.503. The van der Waals surface area contributed by atoms with Crippen molar-refractivity contribution in [2.45, 2.75) is 53.0 Å². The highest BCUT2D eigenvalue weighted by Gasteiger charge is 2.54. The van der Waals surface area contributed by atoms with Crippen LogP contribution in [-0.2, 0) is 4.79 Å². The van der Waals surface area contributed by atoms with Gasteiger partial charge in [-0.25, -0.2) is 0 Å². The highest BCUT2D eigenvalue weighted by atomic mass is 16.6. The van der Waals surface area contributed by atoms with Gasteiger partial charge in [-0.15, -0.1) is 0 Å². The number of hydrogen-bond donors (Lipinski definition) is 0. The first-order valence-electron chi connectivity index (χ1n) is 7.25. The first-order valence-corrected chi connectivity index (χ1v) is 7.25. The van der Waals surface area contributed by atoms with Crippen molar-refractivity contribution in [2.24, 2.45) is 17.8 Å². The molecule has 0 N–H and O–H groups in total. The SMILES string of the molecule is CC(C)CCN(CCC(C)C)C(=O)C1CC1[N+](=O)[O-]. The molecule has 0 aliphatic heterocycles. The Bertz CT molecular complexity index is 317. The average Bonchev–Trinajstić information content (AvgIpc) is 3.07. The molecular weight excluding hydrogens is 244 g/mol. The summed E-state index contributed by atoms with van der Waals surface area (Å²) in [6, 6.07) is -0.631. The van der Waals surface area contributed by atoms with Crippen LogP contribution in [0.2, 0.25) is 0 Å². The Hall–Kier alpha value is -1.13. The van der Waals surface area contributed by atoms with Crippen molar-refractivity contribution < 1.29 is 9.72 Å². The topological polar surface area (TPSA) is 63.5 Å². The molecule has 110 valence electrons. The number of nitrogens with zero attached hydrogens (tertiary/aromatic N) is 2. The number of nitro groups is 1. The Kier molecular flexibility index (Phi) is 5.76. The summed E-state index contributed by atoms with van der Waals surface area (Å²) in [6.07, 6.45) is 2.34. The Labute approximate surface area is 115 Å². The number of carbonyl (C=O) groups is 1. The van der Waals surface area contributed by atoms with Crippen LogP contribution in [0.15, 0.2) is 0 Å². The monoisotopic (exact) mass is 270 g/mol. The minimum absolute atomic E-state index is 0.0111. The van der Waals surface area contributed by atoms with Crippen LogP contribution in [0, 0.1) is 27.9 Å². The molecule has 1 aliphatic carbocycles. The molecule has 19 heavy (non-hydrogen) atoms. The van der Waals surface area contributed by atoms with Gasteiger partial charge in [0.25, 0.3) is 0 Å². The van der Waals surface area contributed by atoms with Crippen LogP contribution in [0.5, 0.6) is 0 Å². The smallest absolute Gasteiger partial charge is 0.232 e. The Morgan fingerprint density at radius 1 is 1.21 bits per heavy atom. The molecule has 0 spiro atoms. The molecule has 1 rings (SSSR count). The molecule has 5 heteroatoms. The first-order chi connectivity index (χ1) is 8.82. The summed E-state index contributed by atoms with van der Waals surface area (Å²) in [7, 11) is 0. The van der Waals surface area contributed by atoms with Crippen molar-refractivity contribution in [1.82, 2.24) is 4.90 Å². The van der Waals surface area contributed by atoms with Gasteiger partial charge in [0.05, 0.1) is 0 Å². The second kappa shape index (κ2) is 6.87. The van der Waals surface area contributed by atoms with Crippen molar-refractivity contribution >= 4 is 5.91 Å². The zero-order valence-corrected chi connectivity index (χ0v) is 12.5. The minimum Gasteiger partial charge on any atom is -0.342 e. The Morgan fingerprint density at radius 3 is 2.00 bits per heavy atom. The van der Waals surface area contributed by atoms with Gasteiger partial charge in [0.1, 0.15) is 5.92 Å². The van der Waals surface area contributed by atoms with E-state index in [1.54, 1.807) is 0 Å². The van der Waals surface area contributed by atoms with E-state index in [-0.39, 0.29) is 16.7 Å². The molecule has 1 amide bonds. The summed E-state index contributed by atoms with van der Waals surface area (Å²) in [4.78, 5) is 24.5. The van der Waals surface area contributed by atoms with Gasteiger partial charge in [-0.2, -0.15) is 0 Å². The molecule has 1 aliphatic rings. The summed E-state index contributed by atoms with van der Waals surface area (Å²) >= 11 is 0. The molecule has 0 aromatic heterocycles. The zero-order chi connectivity index (χ0) is 14.6. The second-order valence-corrected chi connectivity index (χ2v) is 6.39. The lowest BCUT2D eigenvalue weighted by Crippen LogP contribution is -2.36. The molecular formula is C14H26N2O3. The molecule has 2 atom stereocenters. The molecule has 0 bridgehead atoms. The Balaban J connectivity index is 2.52. The van der Waals surface area contributed by atoms with Gasteiger partial charge >= 0.3 is 0 Å². The van der Waals surface area contributed by atoms with Gasteiger partial charge in [-0.1, -0.05) is 27.7 Å². The van der Waals surface area contributed by atoms with E-state index in [1.165, 1.54) is 0 Å². The lowest BCUT2D eigenvalue weighted by Gasteiger charge is -2.24. The van der Waals surface area contributed by atoms with Crippen LogP contribution in [0.25, 0.3) is 0 Å². The summed E-state index contributed by atoms with van der Waals surface area (Å²) < 4.78 is 0. The lowest BCUT2D eigenvalue weighted by molar-refractivity contribution is -0.497. The normalized spacial score (nSPS) is 21.8. The lowest BCUT2D eigenvalue weighted by atomic mass is 10.1. The molecule has 0 saturated heterocycles. The standard InChI is InChI=1S/C14H26N2O3/c1-10(2)5-7-15(8-6-11(3)4)14(17)12-9-13(12)16(18)19/h10-13H,5-9H2,1-4H3. The zero-order valence-electron chi connectivity index (χ0n) is 12.5. The molecule has 5 nitrogen and oxygen atoms in total. The van der Waals surface area contributed by atoms with E-state index in [4.69, 9.17) is 0 Å². The van der Waals surface area contributed by atoms with E-state index in [2.05, 4.69) is 27.7 Å². The van der Waals surface area contributed by atoms with Gasteiger partial charge in [-0.3, -0.25) is 14.9 Å². The second-order valence-electron chi connectivity index (χ2n) is 6.39.